The van der Waals surface area contributed by atoms with Crippen LogP contribution in [0.25, 0.3) is 11.1 Å². The SMILES string of the molecule is Cc1cc(=O)n2c(c1-c1ccccc1)SCC2C(=O)O. The second kappa shape index (κ2) is 4.83. The summed E-state index contributed by atoms with van der Waals surface area (Å²) in [5.74, 6) is -0.561. The maximum absolute atomic E-state index is 12.1. The number of hydrogen-bond donors (Lipinski definition) is 1. The molecule has 1 aromatic heterocycles. The molecule has 1 aliphatic rings. The maximum atomic E-state index is 12.1. The number of thioether (sulfide) groups is 1. The van der Waals surface area contributed by atoms with E-state index in [-0.39, 0.29) is 5.56 Å². The Morgan fingerprint density at radius 3 is 2.70 bits per heavy atom. The highest BCUT2D eigenvalue weighted by molar-refractivity contribution is 7.99. The lowest BCUT2D eigenvalue weighted by atomic mass is 10.0. The summed E-state index contributed by atoms with van der Waals surface area (Å²) in [7, 11) is 0. The van der Waals surface area contributed by atoms with Crippen molar-refractivity contribution in [2.75, 3.05) is 5.75 Å². The molecular formula is C15H13NO3S. The molecule has 1 aliphatic heterocycles. The van der Waals surface area contributed by atoms with E-state index in [0.717, 1.165) is 21.7 Å². The fourth-order valence-corrected chi connectivity index (χ4v) is 3.91. The van der Waals surface area contributed by atoms with Crippen LogP contribution in [0.15, 0.2) is 46.2 Å². The number of hydrogen-bond acceptors (Lipinski definition) is 3. The second-order valence-corrected chi connectivity index (χ2v) is 5.76. The van der Waals surface area contributed by atoms with Gasteiger partial charge in [-0.1, -0.05) is 30.3 Å². The third-order valence-electron chi connectivity index (χ3n) is 3.44. The molecule has 0 fully saturated rings. The number of pyridine rings is 1. The van der Waals surface area contributed by atoms with E-state index < -0.39 is 12.0 Å². The van der Waals surface area contributed by atoms with Crippen LogP contribution in [0.5, 0.6) is 0 Å². The van der Waals surface area contributed by atoms with Gasteiger partial charge in [0.05, 0.1) is 5.03 Å². The van der Waals surface area contributed by atoms with E-state index in [1.165, 1.54) is 22.4 Å². The molecule has 3 rings (SSSR count). The van der Waals surface area contributed by atoms with Crippen molar-refractivity contribution in [2.24, 2.45) is 0 Å². The molecule has 20 heavy (non-hydrogen) atoms. The number of carboxylic acids is 1. The van der Waals surface area contributed by atoms with Crippen molar-refractivity contribution in [2.45, 2.75) is 18.0 Å². The highest BCUT2D eigenvalue weighted by atomic mass is 32.2. The summed E-state index contributed by atoms with van der Waals surface area (Å²) in [6.07, 6.45) is 0. The smallest absolute Gasteiger partial charge is 0.327 e. The van der Waals surface area contributed by atoms with Crippen molar-refractivity contribution < 1.29 is 9.90 Å². The summed E-state index contributed by atoms with van der Waals surface area (Å²) in [5, 5.41) is 10.0. The Kier molecular flexibility index (Phi) is 3.14. The monoisotopic (exact) mass is 287 g/mol. The number of benzene rings is 1. The summed E-state index contributed by atoms with van der Waals surface area (Å²) in [6.45, 7) is 1.89. The van der Waals surface area contributed by atoms with Gasteiger partial charge in [0, 0.05) is 17.4 Å². The van der Waals surface area contributed by atoms with Gasteiger partial charge < -0.3 is 5.11 Å². The van der Waals surface area contributed by atoms with Gasteiger partial charge in [0.1, 0.15) is 6.04 Å². The van der Waals surface area contributed by atoms with Crippen molar-refractivity contribution in [3.05, 3.63) is 52.3 Å². The molecule has 5 heteroatoms. The van der Waals surface area contributed by atoms with Gasteiger partial charge in [-0.05, 0) is 18.1 Å². The molecule has 0 aliphatic carbocycles. The number of aliphatic carboxylic acids is 1. The largest absolute Gasteiger partial charge is 0.480 e. The lowest BCUT2D eigenvalue weighted by Gasteiger charge is -2.14. The first-order valence-corrected chi connectivity index (χ1v) is 7.25. The third-order valence-corrected chi connectivity index (χ3v) is 4.60. The second-order valence-electron chi connectivity index (χ2n) is 4.75. The van der Waals surface area contributed by atoms with Gasteiger partial charge in [0.25, 0.3) is 5.56 Å². The quantitative estimate of drug-likeness (QED) is 0.922. The normalized spacial score (nSPS) is 16.9. The molecule has 1 N–H and O–H groups in total. The summed E-state index contributed by atoms with van der Waals surface area (Å²) in [4.78, 5) is 23.4. The predicted molar refractivity (Wildman–Crippen MR) is 78.3 cm³/mol. The van der Waals surface area contributed by atoms with Gasteiger partial charge in [-0.25, -0.2) is 4.79 Å². The van der Waals surface area contributed by atoms with Crippen LogP contribution in [-0.4, -0.2) is 21.4 Å². The summed E-state index contributed by atoms with van der Waals surface area (Å²) < 4.78 is 1.41. The number of carboxylic acid groups (broad SMARTS) is 1. The number of aryl methyl sites for hydroxylation is 1. The number of fused-ring (bicyclic) bond motifs is 1. The molecule has 2 aromatic rings. The van der Waals surface area contributed by atoms with Gasteiger partial charge >= 0.3 is 5.97 Å². The van der Waals surface area contributed by atoms with E-state index in [2.05, 4.69) is 0 Å². The van der Waals surface area contributed by atoms with Gasteiger partial charge in [0.2, 0.25) is 0 Å². The van der Waals surface area contributed by atoms with Crippen molar-refractivity contribution in [1.29, 1.82) is 0 Å². The fourth-order valence-electron chi connectivity index (χ4n) is 2.52. The van der Waals surface area contributed by atoms with E-state index in [4.69, 9.17) is 0 Å². The van der Waals surface area contributed by atoms with E-state index in [0.29, 0.717) is 5.75 Å². The lowest BCUT2D eigenvalue weighted by molar-refractivity contribution is -0.140. The van der Waals surface area contributed by atoms with Crippen LogP contribution >= 0.6 is 11.8 Å². The standard InChI is InChI=1S/C15H13NO3S/c1-9-7-12(17)16-11(15(18)19)8-20-14(16)13(9)10-5-3-2-4-6-10/h2-7,11H,8H2,1H3,(H,18,19). The van der Waals surface area contributed by atoms with Crippen molar-refractivity contribution >= 4 is 17.7 Å². The first kappa shape index (κ1) is 13.0. The Labute approximate surface area is 120 Å². The zero-order valence-electron chi connectivity index (χ0n) is 10.9. The summed E-state index contributed by atoms with van der Waals surface area (Å²) in [6, 6.07) is 10.5. The highest BCUT2D eigenvalue weighted by Crippen LogP contribution is 2.40. The molecule has 0 saturated heterocycles. The zero-order chi connectivity index (χ0) is 14.3. The van der Waals surface area contributed by atoms with E-state index in [1.54, 1.807) is 0 Å². The number of carbonyl (C=O) groups is 1. The number of aromatic nitrogens is 1. The minimum Gasteiger partial charge on any atom is -0.480 e. The topological polar surface area (TPSA) is 59.3 Å². The minimum absolute atomic E-state index is 0.241. The number of rotatable bonds is 2. The van der Waals surface area contributed by atoms with Crippen LogP contribution in [0.4, 0.5) is 0 Å². The molecule has 4 nitrogen and oxygen atoms in total. The van der Waals surface area contributed by atoms with E-state index in [1.807, 2.05) is 37.3 Å². The van der Waals surface area contributed by atoms with E-state index in [9.17, 15) is 14.7 Å². The van der Waals surface area contributed by atoms with Crippen LogP contribution in [0.2, 0.25) is 0 Å². The van der Waals surface area contributed by atoms with E-state index >= 15 is 0 Å². The summed E-state index contributed by atoms with van der Waals surface area (Å²) in [5.41, 5.74) is 2.60. The van der Waals surface area contributed by atoms with Crippen LogP contribution in [0, 0.1) is 6.92 Å². The predicted octanol–water partition coefficient (Wildman–Crippen LogP) is 2.56. The fraction of sp³-hybridized carbons (Fsp3) is 0.200. The summed E-state index contributed by atoms with van der Waals surface area (Å²) >= 11 is 1.44. The van der Waals surface area contributed by atoms with Gasteiger partial charge in [0.15, 0.2) is 0 Å². The molecule has 0 bridgehead atoms. The highest BCUT2D eigenvalue weighted by Gasteiger charge is 2.32. The third kappa shape index (κ3) is 1.94. The molecule has 1 unspecified atom stereocenters. The maximum Gasteiger partial charge on any atom is 0.327 e. The van der Waals surface area contributed by atoms with Crippen molar-refractivity contribution in [1.82, 2.24) is 4.57 Å². The van der Waals surface area contributed by atoms with Crippen LogP contribution in [0.3, 0.4) is 0 Å². The first-order chi connectivity index (χ1) is 9.59. The average molecular weight is 287 g/mol. The van der Waals surface area contributed by atoms with Gasteiger partial charge in [-0.2, -0.15) is 0 Å². The molecule has 1 aromatic carbocycles. The molecule has 102 valence electrons. The van der Waals surface area contributed by atoms with Gasteiger partial charge in [-0.3, -0.25) is 9.36 Å². The Morgan fingerprint density at radius 2 is 2.05 bits per heavy atom. The lowest BCUT2D eigenvalue weighted by Crippen LogP contribution is -2.28. The Balaban J connectivity index is 2.29. The Bertz CT molecular complexity index is 737. The molecule has 0 radical (unpaired) electrons. The van der Waals surface area contributed by atoms with Crippen LogP contribution in [-0.2, 0) is 4.79 Å². The zero-order valence-corrected chi connectivity index (χ0v) is 11.7. The molecular weight excluding hydrogens is 274 g/mol. The Hall–Kier alpha value is -2.01. The van der Waals surface area contributed by atoms with Crippen LogP contribution < -0.4 is 5.56 Å². The first-order valence-electron chi connectivity index (χ1n) is 6.27. The van der Waals surface area contributed by atoms with Crippen molar-refractivity contribution in [3.63, 3.8) is 0 Å². The Morgan fingerprint density at radius 1 is 1.35 bits per heavy atom. The average Bonchev–Trinajstić information content (AvgIpc) is 2.85. The molecule has 0 amide bonds. The minimum atomic E-state index is -0.957. The van der Waals surface area contributed by atoms with Crippen molar-refractivity contribution in [3.8, 4) is 11.1 Å². The molecule has 0 saturated carbocycles. The van der Waals surface area contributed by atoms with Crippen LogP contribution in [0.1, 0.15) is 11.6 Å². The van der Waals surface area contributed by atoms with Gasteiger partial charge in [-0.15, -0.1) is 11.8 Å². The molecule has 1 atom stereocenters. The number of nitrogens with zero attached hydrogens (tertiary/aromatic N) is 1. The molecule has 2 heterocycles. The molecule has 0 spiro atoms.